The van der Waals surface area contributed by atoms with Crippen LogP contribution in [-0.4, -0.2) is 6.71 Å². The van der Waals surface area contributed by atoms with E-state index in [2.05, 4.69) is 0 Å². The summed E-state index contributed by atoms with van der Waals surface area (Å²) in [4.78, 5) is 0. The molecular formula is C26H25BF6. The molecule has 0 aliphatic rings. The maximum atomic E-state index is 13.7. The molecule has 33 heavy (non-hydrogen) atoms. The van der Waals surface area contributed by atoms with Gasteiger partial charge in [-0.3, -0.25) is 0 Å². The second kappa shape index (κ2) is 8.58. The molecule has 0 spiro atoms. The van der Waals surface area contributed by atoms with E-state index in [9.17, 15) is 26.3 Å². The molecule has 3 rings (SSSR count). The Morgan fingerprint density at radius 2 is 0.788 bits per heavy atom. The molecule has 3 aromatic rings. The van der Waals surface area contributed by atoms with Gasteiger partial charge in [0.2, 0.25) is 6.71 Å². The second-order valence-electron chi connectivity index (χ2n) is 8.90. The number of alkyl halides is 6. The highest BCUT2D eigenvalue weighted by molar-refractivity contribution is 6.96. The van der Waals surface area contributed by atoms with Gasteiger partial charge in [-0.05, 0) is 47.6 Å². The van der Waals surface area contributed by atoms with Crippen LogP contribution in [0, 0.1) is 41.5 Å². The molecule has 0 aliphatic heterocycles. The standard InChI is InChI=1S/C26H25BF6/c1-14-7-16(3)23(17(4)8-14)27(24-18(5)9-15(2)10-19(24)6)22-12-20(25(28,29)30)11-21(13-22)26(31,32)33/h7-13H,1-6H3. The number of aryl methyl sites for hydroxylation is 6. The van der Waals surface area contributed by atoms with Crippen molar-refractivity contribution in [2.75, 3.05) is 0 Å². The Kier molecular flexibility index (Phi) is 6.49. The molecule has 0 unspecified atom stereocenters. The molecule has 0 fully saturated rings. The minimum absolute atomic E-state index is 0.0257. The minimum atomic E-state index is -4.91. The Morgan fingerprint density at radius 3 is 1.06 bits per heavy atom. The third-order valence-electron chi connectivity index (χ3n) is 6.00. The monoisotopic (exact) mass is 462 g/mol. The lowest BCUT2D eigenvalue weighted by atomic mass is 9.34. The molecule has 0 bridgehead atoms. The fraction of sp³-hybridized carbons (Fsp3) is 0.308. The minimum Gasteiger partial charge on any atom is -0.166 e. The number of hydrogen-bond acceptors (Lipinski definition) is 0. The van der Waals surface area contributed by atoms with E-state index in [1.807, 2.05) is 65.8 Å². The van der Waals surface area contributed by atoms with Gasteiger partial charge >= 0.3 is 12.4 Å². The zero-order valence-electron chi connectivity index (χ0n) is 19.4. The van der Waals surface area contributed by atoms with Gasteiger partial charge in [0.15, 0.2) is 0 Å². The number of halogens is 6. The first-order valence-electron chi connectivity index (χ1n) is 10.5. The Labute approximate surface area is 190 Å². The molecule has 0 N–H and O–H groups in total. The van der Waals surface area contributed by atoms with Gasteiger partial charge in [0.25, 0.3) is 0 Å². The van der Waals surface area contributed by atoms with Gasteiger partial charge in [0, 0.05) is 0 Å². The van der Waals surface area contributed by atoms with Crippen molar-refractivity contribution in [3.05, 3.63) is 87.0 Å². The summed E-state index contributed by atoms with van der Waals surface area (Å²) in [5.41, 5.74) is 4.06. The molecule has 174 valence electrons. The third-order valence-corrected chi connectivity index (χ3v) is 6.00. The fourth-order valence-corrected chi connectivity index (χ4v) is 4.92. The first-order valence-corrected chi connectivity index (χ1v) is 10.5. The van der Waals surface area contributed by atoms with Crippen LogP contribution < -0.4 is 16.4 Å². The van der Waals surface area contributed by atoms with E-state index >= 15 is 0 Å². The lowest BCUT2D eigenvalue weighted by Crippen LogP contribution is -2.56. The van der Waals surface area contributed by atoms with E-state index in [0.717, 1.165) is 56.4 Å². The maximum Gasteiger partial charge on any atom is 0.416 e. The highest BCUT2D eigenvalue weighted by Crippen LogP contribution is 2.35. The van der Waals surface area contributed by atoms with Crippen molar-refractivity contribution in [2.45, 2.75) is 53.9 Å². The van der Waals surface area contributed by atoms with Crippen molar-refractivity contribution in [1.29, 1.82) is 0 Å². The van der Waals surface area contributed by atoms with E-state index in [-0.39, 0.29) is 11.5 Å². The Bertz CT molecular complexity index is 1070. The molecule has 0 nitrogen and oxygen atoms in total. The quantitative estimate of drug-likeness (QED) is 0.327. The van der Waals surface area contributed by atoms with Crippen LogP contribution in [0.3, 0.4) is 0 Å². The summed E-state index contributed by atoms with van der Waals surface area (Å²) in [5.74, 6) is 0. The van der Waals surface area contributed by atoms with Crippen LogP contribution >= 0.6 is 0 Å². The molecule has 0 saturated heterocycles. The highest BCUT2D eigenvalue weighted by atomic mass is 19.4. The zero-order valence-corrected chi connectivity index (χ0v) is 19.4. The molecule has 0 atom stereocenters. The van der Waals surface area contributed by atoms with Crippen LogP contribution in [0.2, 0.25) is 0 Å². The average Bonchev–Trinajstić information content (AvgIpc) is 2.63. The number of benzene rings is 3. The Balaban J connectivity index is 2.47. The summed E-state index contributed by atoms with van der Waals surface area (Å²) < 4.78 is 82.0. The lowest BCUT2D eigenvalue weighted by Gasteiger charge is -2.26. The molecule has 0 radical (unpaired) electrons. The summed E-state index contributed by atoms with van der Waals surface area (Å²) in [5, 5.41) is 0. The van der Waals surface area contributed by atoms with Crippen LogP contribution in [-0.2, 0) is 12.4 Å². The van der Waals surface area contributed by atoms with E-state index < -0.39 is 30.2 Å². The van der Waals surface area contributed by atoms with Crippen molar-refractivity contribution in [2.24, 2.45) is 0 Å². The molecule has 3 aromatic carbocycles. The highest BCUT2D eigenvalue weighted by Gasteiger charge is 2.39. The molecular weight excluding hydrogens is 437 g/mol. The van der Waals surface area contributed by atoms with Crippen molar-refractivity contribution in [3.8, 4) is 0 Å². The maximum absolute atomic E-state index is 13.7. The third kappa shape index (κ3) is 5.12. The second-order valence-corrected chi connectivity index (χ2v) is 8.90. The molecule has 0 aromatic heterocycles. The SMILES string of the molecule is Cc1cc(C)c(B(c2cc(C(F)(F)F)cc(C(F)(F)F)c2)c2c(C)cc(C)cc2C)c(C)c1. The zero-order chi connectivity index (χ0) is 24.9. The van der Waals surface area contributed by atoms with Crippen LogP contribution in [0.1, 0.15) is 44.5 Å². The van der Waals surface area contributed by atoms with Gasteiger partial charge in [-0.1, -0.05) is 86.2 Å². The Hall–Kier alpha value is -2.70. The van der Waals surface area contributed by atoms with E-state index in [1.54, 1.807) is 0 Å². The first-order chi connectivity index (χ1) is 15.1. The smallest absolute Gasteiger partial charge is 0.166 e. The van der Waals surface area contributed by atoms with Crippen LogP contribution in [0.4, 0.5) is 26.3 Å². The molecule has 0 saturated carbocycles. The summed E-state index contributed by atoms with van der Waals surface area (Å²) in [6.45, 7) is 10.4. The van der Waals surface area contributed by atoms with Gasteiger partial charge in [-0.2, -0.15) is 26.3 Å². The lowest BCUT2D eigenvalue weighted by molar-refractivity contribution is -0.142. The van der Waals surface area contributed by atoms with E-state index in [0.29, 0.717) is 0 Å². The van der Waals surface area contributed by atoms with E-state index in [4.69, 9.17) is 0 Å². The molecule has 0 amide bonds. The van der Waals surface area contributed by atoms with Crippen molar-refractivity contribution in [3.63, 3.8) is 0 Å². The summed E-state index contributed by atoms with van der Waals surface area (Å²) in [6.07, 6.45) is -9.81. The van der Waals surface area contributed by atoms with Crippen LogP contribution in [0.15, 0.2) is 42.5 Å². The summed E-state index contributed by atoms with van der Waals surface area (Å²) in [6, 6.07) is 9.54. The average molecular weight is 462 g/mol. The van der Waals surface area contributed by atoms with Gasteiger partial charge in [0.1, 0.15) is 0 Å². The largest absolute Gasteiger partial charge is 0.416 e. The van der Waals surface area contributed by atoms with Crippen molar-refractivity contribution < 1.29 is 26.3 Å². The molecule has 0 aliphatic carbocycles. The van der Waals surface area contributed by atoms with Gasteiger partial charge in [-0.25, -0.2) is 0 Å². The fourth-order valence-electron chi connectivity index (χ4n) is 4.92. The summed E-state index contributed by atoms with van der Waals surface area (Å²) in [7, 11) is 0. The summed E-state index contributed by atoms with van der Waals surface area (Å²) >= 11 is 0. The van der Waals surface area contributed by atoms with Gasteiger partial charge < -0.3 is 0 Å². The van der Waals surface area contributed by atoms with Crippen molar-refractivity contribution >= 4 is 23.1 Å². The van der Waals surface area contributed by atoms with Crippen LogP contribution in [0.5, 0.6) is 0 Å². The predicted octanol–water partition coefficient (Wildman–Crippen LogP) is 6.09. The normalized spacial score (nSPS) is 12.2. The predicted molar refractivity (Wildman–Crippen MR) is 122 cm³/mol. The van der Waals surface area contributed by atoms with E-state index in [1.165, 1.54) is 0 Å². The van der Waals surface area contributed by atoms with Crippen molar-refractivity contribution in [1.82, 2.24) is 0 Å². The van der Waals surface area contributed by atoms with Crippen LogP contribution in [0.25, 0.3) is 0 Å². The van der Waals surface area contributed by atoms with Gasteiger partial charge in [0.05, 0.1) is 11.1 Å². The first kappa shape index (κ1) is 24.9. The number of hydrogen-bond donors (Lipinski definition) is 0. The topological polar surface area (TPSA) is 0 Å². The van der Waals surface area contributed by atoms with Gasteiger partial charge in [-0.15, -0.1) is 0 Å². The molecule has 7 heteroatoms. The number of rotatable bonds is 3. The molecule has 0 heterocycles. The Morgan fingerprint density at radius 1 is 0.485 bits per heavy atom.